The summed E-state index contributed by atoms with van der Waals surface area (Å²) >= 11 is 0. The van der Waals surface area contributed by atoms with Gasteiger partial charge >= 0.3 is 0 Å². The molecule has 5 heteroatoms. The lowest BCUT2D eigenvalue weighted by Gasteiger charge is -2.16. The predicted molar refractivity (Wildman–Crippen MR) is 69.5 cm³/mol. The van der Waals surface area contributed by atoms with Crippen LogP contribution in [0, 0.1) is 0 Å². The number of allylic oxidation sites excluding steroid dienone is 1. The molecule has 102 valence electrons. The third-order valence-electron chi connectivity index (χ3n) is 3.52. The largest absolute Gasteiger partial charge is 0.507 e. The highest BCUT2D eigenvalue weighted by atomic mass is 16.5. The van der Waals surface area contributed by atoms with Gasteiger partial charge in [0.2, 0.25) is 5.78 Å². The molecule has 0 spiro atoms. The summed E-state index contributed by atoms with van der Waals surface area (Å²) in [5, 5.41) is 19.9. The minimum atomic E-state index is -1.21. The van der Waals surface area contributed by atoms with E-state index in [1.807, 2.05) is 0 Å². The molecule has 1 aromatic carbocycles. The quantitative estimate of drug-likeness (QED) is 0.754. The number of Topliss-reactive ketones (excluding diaryl/α,β-unsaturated/α-hetero) is 2. The third-order valence-corrected chi connectivity index (χ3v) is 3.52. The molecule has 3 rings (SSSR count). The van der Waals surface area contributed by atoms with Crippen molar-refractivity contribution in [2.75, 3.05) is 0 Å². The van der Waals surface area contributed by atoms with Crippen LogP contribution in [-0.2, 0) is 4.74 Å². The van der Waals surface area contributed by atoms with Gasteiger partial charge in [0.1, 0.15) is 18.0 Å². The van der Waals surface area contributed by atoms with Gasteiger partial charge in [0, 0.05) is 5.56 Å². The van der Waals surface area contributed by atoms with E-state index >= 15 is 0 Å². The van der Waals surface area contributed by atoms with Crippen LogP contribution >= 0.6 is 0 Å². The monoisotopic (exact) mass is 272 g/mol. The van der Waals surface area contributed by atoms with E-state index in [1.165, 1.54) is 18.2 Å². The van der Waals surface area contributed by atoms with Crippen molar-refractivity contribution in [2.45, 2.75) is 19.1 Å². The van der Waals surface area contributed by atoms with Gasteiger partial charge in [0.05, 0.1) is 11.1 Å². The summed E-state index contributed by atoms with van der Waals surface area (Å²) in [5.74, 6) is -1.55. The van der Waals surface area contributed by atoms with E-state index in [4.69, 9.17) is 4.74 Å². The van der Waals surface area contributed by atoms with Crippen molar-refractivity contribution >= 4 is 11.6 Å². The van der Waals surface area contributed by atoms with Gasteiger partial charge in [-0.25, -0.2) is 0 Å². The van der Waals surface area contributed by atoms with E-state index in [0.717, 1.165) is 0 Å². The summed E-state index contributed by atoms with van der Waals surface area (Å²) in [5.41, 5.74) is 0.464. The fourth-order valence-electron chi connectivity index (χ4n) is 2.55. The molecule has 0 amide bonds. The molecule has 1 aromatic rings. The number of hydrogen-bond acceptors (Lipinski definition) is 5. The minimum Gasteiger partial charge on any atom is -0.507 e. The first-order valence-corrected chi connectivity index (χ1v) is 6.09. The van der Waals surface area contributed by atoms with Crippen LogP contribution in [-0.4, -0.2) is 34.0 Å². The normalized spacial score (nSPS) is 24.3. The Morgan fingerprint density at radius 3 is 2.65 bits per heavy atom. The van der Waals surface area contributed by atoms with Crippen molar-refractivity contribution in [1.82, 2.24) is 0 Å². The standard InChI is InChI=1S/C15H12O5/c1-6(2)14-13(19)10-11(17)7-4-3-5-8(16)9(7)12(18)15(10)20-14/h3-5,13-14,16,19H,1H2,2H3/t13-,14-/m1/s1. The van der Waals surface area contributed by atoms with Crippen LogP contribution in [0.4, 0.5) is 0 Å². The number of benzene rings is 1. The Bertz CT molecular complexity index is 698. The molecule has 5 nitrogen and oxygen atoms in total. The molecule has 0 saturated carbocycles. The summed E-state index contributed by atoms with van der Waals surface area (Å²) in [6.07, 6.45) is -2.03. The van der Waals surface area contributed by atoms with Gasteiger partial charge in [0.15, 0.2) is 11.5 Å². The molecular weight excluding hydrogens is 260 g/mol. The first-order chi connectivity index (χ1) is 9.43. The Labute approximate surface area is 114 Å². The SMILES string of the molecule is C=C(C)[C@H]1OC2=C(C(=O)c3cccc(O)c3C2=O)[C@H]1O. The summed E-state index contributed by atoms with van der Waals surface area (Å²) < 4.78 is 5.38. The highest BCUT2D eigenvalue weighted by molar-refractivity contribution is 6.27. The number of rotatable bonds is 1. The number of carbonyl (C=O) groups excluding carboxylic acids is 2. The van der Waals surface area contributed by atoms with Crippen molar-refractivity contribution < 1.29 is 24.5 Å². The highest BCUT2D eigenvalue weighted by Gasteiger charge is 2.47. The maximum atomic E-state index is 12.4. The Morgan fingerprint density at radius 1 is 1.30 bits per heavy atom. The number of fused-ring (bicyclic) bond motifs is 1. The van der Waals surface area contributed by atoms with Crippen molar-refractivity contribution in [3.05, 3.63) is 52.8 Å². The van der Waals surface area contributed by atoms with E-state index in [1.54, 1.807) is 6.92 Å². The molecule has 1 heterocycles. The van der Waals surface area contributed by atoms with Gasteiger partial charge in [-0.05, 0) is 18.6 Å². The second-order valence-corrected chi connectivity index (χ2v) is 4.93. The summed E-state index contributed by atoms with van der Waals surface area (Å²) in [6, 6.07) is 4.25. The maximum absolute atomic E-state index is 12.4. The van der Waals surface area contributed by atoms with Gasteiger partial charge in [-0.2, -0.15) is 0 Å². The second-order valence-electron chi connectivity index (χ2n) is 4.93. The molecule has 0 unspecified atom stereocenters. The van der Waals surface area contributed by atoms with Gasteiger partial charge in [-0.1, -0.05) is 18.7 Å². The number of ketones is 2. The van der Waals surface area contributed by atoms with Crippen LogP contribution < -0.4 is 0 Å². The lowest BCUT2D eigenvalue weighted by molar-refractivity contribution is 0.0644. The second kappa shape index (κ2) is 4.05. The number of aromatic hydroxyl groups is 1. The zero-order valence-electron chi connectivity index (χ0n) is 10.7. The number of phenolic OH excluding ortho intramolecular Hbond substituents is 1. The Kier molecular flexibility index (Phi) is 2.55. The number of aliphatic hydroxyl groups excluding tert-OH is 1. The van der Waals surface area contributed by atoms with Gasteiger partial charge in [0.25, 0.3) is 0 Å². The molecule has 0 saturated heterocycles. The summed E-state index contributed by atoms with van der Waals surface area (Å²) in [7, 11) is 0. The van der Waals surface area contributed by atoms with Gasteiger partial charge in [-0.15, -0.1) is 0 Å². The molecule has 2 N–H and O–H groups in total. The van der Waals surface area contributed by atoms with E-state index in [-0.39, 0.29) is 28.2 Å². The fraction of sp³-hybridized carbons (Fsp3) is 0.200. The number of phenols is 1. The van der Waals surface area contributed by atoms with Crippen LogP contribution in [0.25, 0.3) is 0 Å². The molecule has 2 aliphatic rings. The number of carbonyl (C=O) groups is 2. The molecule has 0 fully saturated rings. The van der Waals surface area contributed by atoms with Crippen LogP contribution in [0.3, 0.4) is 0 Å². The average Bonchev–Trinajstić information content (AvgIpc) is 2.74. The third kappa shape index (κ3) is 1.47. The molecule has 0 aromatic heterocycles. The molecule has 20 heavy (non-hydrogen) atoms. The highest BCUT2D eigenvalue weighted by Crippen LogP contribution is 2.40. The molecule has 2 atom stereocenters. The van der Waals surface area contributed by atoms with Crippen LogP contribution in [0.1, 0.15) is 27.6 Å². The topological polar surface area (TPSA) is 83.8 Å². The number of aliphatic hydroxyl groups is 1. The van der Waals surface area contributed by atoms with E-state index in [9.17, 15) is 19.8 Å². The van der Waals surface area contributed by atoms with Crippen LogP contribution in [0.5, 0.6) is 5.75 Å². The van der Waals surface area contributed by atoms with E-state index < -0.39 is 23.8 Å². The lowest BCUT2D eigenvalue weighted by Crippen LogP contribution is -2.28. The average molecular weight is 272 g/mol. The molecule has 0 radical (unpaired) electrons. The van der Waals surface area contributed by atoms with Crippen molar-refractivity contribution in [2.24, 2.45) is 0 Å². The summed E-state index contributed by atoms with van der Waals surface area (Å²) in [6.45, 7) is 5.32. The predicted octanol–water partition coefficient (Wildman–Crippen LogP) is 1.36. The maximum Gasteiger partial charge on any atom is 0.232 e. The van der Waals surface area contributed by atoms with Crippen LogP contribution in [0.2, 0.25) is 0 Å². The zero-order chi connectivity index (χ0) is 14.6. The Balaban J connectivity index is 2.18. The summed E-state index contributed by atoms with van der Waals surface area (Å²) in [4.78, 5) is 24.7. The minimum absolute atomic E-state index is 0.0545. The molecule has 1 aliphatic heterocycles. The van der Waals surface area contributed by atoms with Crippen molar-refractivity contribution in [1.29, 1.82) is 0 Å². The van der Waals surface area contributed by atoms with E-state index in [0.29, 0.717) is 5.57 Å². The van der Waals surface area contributed by atoms with Gasteiger partial charge in [-0.3, -0.25) is 9.59 Å². The molecular formula is C15H12O5. The first-order valence-electron chi connectivity index (χ1n) is 6.09. The number of ether oxygens (including phenoxy) is 1. The lowest BCUT2D eigenvalue weighted by atomic mass is 9.85. The molecule has 0 bridgehead atoms. The Hall–Kier alpha value is -2.40. The van der Waals surface area contributed by atoms with Crippen LogP contribution in [0.15, 0.2) is 41.7 Å². The van der Waals surface area contributed by atoms with E-state index in [2.05, 4.69) is 6.58 Å². The Morgan fingerprint density at radius 2 is 2.00 bits per heavy atom. The van der Waals surface area contributed by atoms with Gasteiger partial charge < -0.3 is 14.9 Å². The zero-order valence-corrected chi connectivity index (χ0v) is 10.7. The number of hydrogen-bond donors (Lipinski definition) is 2. The smallest absolute Gasteiger partial charge is 0.232 e. The molecule has 1 aliphatic carbocycles. The first kappa shape index (κ1) is 12.6. The van der Waals surface area contributed by atoms with Crippen molar-refractivity contribution in [3.8, 4) is 5.75 Å². The van der Waals surface area contributed by atoms with Crippen molar-refractivity contribution in [3.63, 3.8) is 0 Å². The fourth-order valence-corrected chi connectivity index (χ4v) is 2.55.